The maximum absolute atomic E-state index is 11.5. The minimum atomic E-state index is -3.72. The minimum absolute atomic E-state index is 0.0832. The van der Waals surface area contributed by atoms with E-state index in [1.54, 1.807) is 23.9 Å². The molecule has 7 nitrogen and oxygen atoms in total. The molecule has 2 heterocycles. The Balaban J connectivity index is 1.66. The molecule has 9 heteroatoms. The molecule has 4 rings (SSSR count). The van der Waals surface area contributed by atoms with E-state index in [9.17, 15) is 8.42 Å². The van der Waals surface area contributed by atoms with Gasteiger partial charge in [-0.3, -0.25) is 0 Å². The number of thioether (sulfide) groups is 1. The molecule has 31 heavy (non-hydrogen) atoms. The molecule has 0 aliphatic heterocycles. The zero-order chi connectivity index (χ0) is 22.0. The van der Waals surface area contributed by atoms with E-state index in [1.807, 2.05) is 30.5 Å². The first kappa shape index (κ1) is 21.4. The lowest BCUT2D eigenvalue weighted by molar-refractivity contribution is 0.598. The van der Waals surface area contributed by atoms with Crippen molar-refractivity contribution in [1.29, 1.82) is 0 Å². The number of nitrogens with zero attached hydrogens (tertiary/aromatic N) is 2. The van der Waals surface area contributed by atoms with Gasteiger partial charge in [-0.15, -0.1) is 11.8 Å². The number of sulfonamides is 1. The number of anilines is 2. The predicted octanol–water partition coefficient (Wildman–Crippen LogP) is 4.44. The summed E-state index contributed by atoms with van der Waals surface area (Å²) in [4.78, 5) is 13.8. The third kappa shape index (κ3) is 5.07. The second kappa shape index (κ2) is 8.70. The van der Waals surface area contributed by atoms with Crippen LogP contribution in [0, 0.1) is 0 Å². The van der Waals surface area contributed by atoms with E-state index in [-0.39, 0.29) is 4.90 Å². The van der Waals surface area contributed by atoms with Gasteiger partial charge in [0.2, 0.25) is 10.0 Å². The molecule has 160 valence electrons. The summed E-state index contributed by atoms with van der Waals surface area (Å²) in [5.74, 6) is 1.33. The maximum Gasteiger partial charge on any atom is 0.238 e. The first-order chi connectivity index (χ1) is 14.8. The van der Waals surface area contributed by atoms with Crippen molar-refractivity contribution < 1.29 is 8.42 Å². The van der Waals surface area contributed by atoms with E-state index in [1.165, 1.54) is 12.1 Å². The second-order valence-corrected chi connectivity index (χ2v) is 10.6. The van der Waals surface area contributed by atoms with Gasteiger partial charge in [-0.25, -0.2) is 23.5 Å². The standard InChI is InChI=1S/C22H23N5O2S2/c1-14(2)30-19-6-4-3-5-17(19)26-22-21-18(11-12-24-21)25-20(27-22)13-15-7-9-16(10-8-15)31(23,28)29/h3-12,14,24H,13H2,1-2H3,(H2,23,28,29)(H,25,26,27). The van der Waals surface area contributed by atoms with Crippen molar-refractivity contribution >= 4 is 44.3 Å². The summed E-state index contributed by atoms with van der Waals surface area (Å²) >= 11 is 1.79. The molecule has 0 spiro atoms. The average molecular weight is 454 g/mol. The number of H-pyrrole nitrogens is 1. The second-order valence-electron chi connectivity index (χ2n) is 7.38. The lowest BCUT2D eigenvalue weighted by atomic mass is 10.1. The van der Waals surface area contributed by atoms with Gasteiger partial charge in [0.25, 0.3) is 0 Å². The highest BCUT2D eigenvalue weighted by molar-refractivity contribution is 8.00. The summed E-state index contributed by atoms with van der Waals surface area (Å²) in [7, 11) is -3.72. The lowest BCUT2D eigenvalue weighted by Gasteiger charge is -2.14. The summed E-state index contributed by atoms with van der Waals surface area (Å²) in [6.07, 6.45) is 2.30. The molecule has 0 unspecified atom stereocenters. The molecule has 0 radical (unpaired) electrons. The Hall–Kier alpha value is -2.88. The number of hydrogen-bond donors (Lipinski definition) is 3. The first-order valence-electron chi connectivity index (χ1n) is 9.78. The van der Waals surface area contributed by atoms with Crippen LogP contribution in [0.4, 0.5) is 11.5 Å². The van der Waals surface area contributed by atoms with Crippen LogP contribution in [0.3, 0.4) is 0 Å². The molecule has 0 atom stereocenters. The van der Waals surface area contributed by atoms with Crippen LogP contribution in [0.2, 0.25) is 0 Å². The number of primary sulfonamides is 1. The Labute approximate surface area is 185 Å². The van der Waals surface area contributed by atoms with Crippen LogP contribution in [0.25, 0.3) is 11.0 Å². The van der Waals surface area contributed by atoms with Crippen molar-refractivity contribution in [3.8, 4) is 0 Å². The highest BCUT2D eigenvalue weighted by atomic mass is 32.2. The highest BCUT2D eigenvalue weighted by Gasteiger charge is 2.13. The number of rotatable bonds is 7. The average Bonchev–Trinajstić information content (AvgIpc) is 3.18. The van der Waals surface area contributed by atoms with Crippen molar-refractivity contribution in [3.05, 3.63) is 72.2 Å². The zero-order valence-corrected chi connectivity index (χ0v) is 18.8. The van der Waals surface area contributed by atoms with Gasteiger partial charge in [-0.2, -0.15) is 0 Å². The largest absolute Gasteiger partial charge is 0.357 e. The monoisotopic (exact) mass is 453 g/mol. The van der Waals surface area contributed by atoms with Gasteiger partial charge in [0, 0.05) is 22.8 Å². The Morgan fingerprint density at radius 3 is 2.52 bits per heavy atom. The SMILES string of the molecule is CC(C)Sc1ccccc1Nc1nc(Cc2ccc(S(N)(=O)=O)cc2)nc2cc[nH]c12. The normalized spacial score (nSPS) is 11.9. The van der Waals surface area contributed by atoms with Crippen LogP contribution in [-0.2, 0) is 16.4 Å². The molecule has 0 bridgehead atoms. The van der Waals surface area contributed by atoms with Crippen molar-refractivity contribution in [2.45, 2.75) is 35.3 Å². The summed E-state index contributed by atoms with van der Waals surface area (Å²) in [5.41, 5.74) is 3.52. The van der Waals surface area contributed by atoms with E-state index < -0.39 is 10.0 Å². The van der Waals surface area contributed by atoms with Gasteiger partial charge in [0.15, 0.2) is 5.82 Å². The minimum Gasteiger partial charge on any atom is -0.357 e. The number of nitrogens with two attached hydrogens (primary N) is 1. The molecule has 4 N–H and O–H groups in total. The number of nitrogens with one attached hydrogen (secondary N) is 2. The van der Waals surface area contributed by atoms with Gasteiger partial charge < -0.3 is 10.3 Å². The molecule has 4 aromatic rings. The molecule has 0 aliphatic carbocycles. The van der Waals surface area contributed by atoms with Gasteiger partial charge in [0.1, 0.15) is 11.3 Å². The molecule has 0 saturated heterocycles. The predicted molar refractivity (Wildman–Crippen MR) is 125 cm³/mol. The summed E-state index contributed by atoms with van der Waals surface area (Å²) in [6, 6.07) is 16.5. The fourth-order valence-electron chi connectivity index (χ4n) is 3.20. The van der Waals surface area contributed by atoms with E-state index in [2.05, 4.69) is 35.2 Å². The van der Waals surface area contributed by atoms with Gasteiger partial charge in [0.05, 0.1) is 16.1 Å². The molecule has 0 aliphatic rings. The van der Waals surface area contributed by atoms with Crippen molar-refractivity contribution in [1.82, 2.24) is 15.0 Å². The van der Waals surface area contributed by atoms with Crippen LogP contribution >= 0.6 is 11.8 Å². The van der Waals surface area contributed by atoms with Crippen molar-refractivity contribution in [3.63, 3.8) is 0 Å². The Morgan fingerprint density at radius 1 is 1.06 bits per heavy atom. The number of hydrogen-bond acceptors (Lipinski definition) is 6. The van der Waals surface area contributed by atoms with Crippen molar-refractivity contribution in [2.75, 3.05) is 5.32 Å². The number of aromatic amines is 1. The zero-order valence-electron chi connectivity index (χ0n) is 17.2. The Bertz CT molecular complexity index is 1320. The lowest BCUT2D eigenvalue weighted by Crippen LogP contribution is -2.12. The maximum atomic E-state index is 11.5. The highest BCUT2D eigenvalue weighted by Crippen LogP contribution is 2.33. The Morgan fingerprint density at radius 2 is 1.81 bits per heavy atom. The van der Waals surface area contributed by atoms with Crippen LogP contribution in [-0.4, -0.2) is 28.6 Å². The van der Waals surface area contributed by atoms with Crippen LogP contribution < -0.4 is 10.5 Å². The third-order valence-electron chi connectivity index (χ3n) is 4.57. The summed E-state index contributed by atoms with van der Waals surface area (Å²) in [5, 5.41) is 9.10. The van der Waals surface area contributed by atoms with Gasteiger partial charge >= 0.3 is 0 Å². The van der Waals surface area contributed by atoms with Crippen LogP contribution in [0.1, 0.15) is 25.2 Å². The fraction of sp³-hybridized carbons (Fsp3) is 0.182. The van der Waals surface area contributed by atoms with E-state index >= 15 is 0 Å². The summed E-state index contributed by atoms with van der Waals surface area (Å²) in [6.45, 7) is 4.32. The molecule has 2 aromatic heterocycles. The van der Waals surface area contributed by atoms with E-state index in [4.69, 9.17) is 10.1 Å². The van der Waals surface area contributed by atoms with E-state index in [0.29, 0.717) is 23.3 Å². The molecule has 2 aromatic carbocycles. The first-order valence-corrected chi connectivity index (χ1v) is 12.2. The molecular weight excluding hydrogens is 430 g/mol. The molecular formula is C22H23N5O2S2. The molecule has 0 amide bonds. The quantitative estimate of drug-likeness (QED) is 0.357. The van der Waals surface area contributed by atoms with E-state index in [0.717, 1.165) is 27.2 Å². The Kier molecular flexibility index (Phi) is 5.99. The number of aromatic nitrogens is 3. The van der Waals surface area contributed by atoms with Gasteiger partial charge in [-0.1, -0.05) is 38.1 Å². The van der Waals surface area contributed by atoms with Crippen LogP contribution in [0.15, 0.2) is 70.6 Å². The molecule has 0 fully saturated rings. The number of fused-ring (bicyclic) bond motifs is 1. The summed E-state index contributed by atoms with van der Waals surface area (Å²) < 4.78 is 22.9. The van der Waals surface area contributed by atoms with Crippen LogP contribution in [0.5, 0.6) is 0 Å². The number of para-hydroxylation sites is 1. The molecule has 0 saturated carbocycles. The number of benzene rings is 2. The third-order valence-corrected chi connectivity index (χ3v) is 6.58. The van der Waals surface area contributed by atoms with Gasteiger partial charge in [-0.05, 0) is 35.9 Å². The smallest absolute Gasteiger partial charge is 0.238 e. The fourth-order valence-corrected chi connectivity index (χ4v) is 4.62. The topological polar surface area (TPSA) is 114 Å². The van der Waals surface area contributed by atoms with Crippen molar-refractivity contribution in [2.24, 2.45) is 5.14 Å².